The van der Waals surface area contributed by atoms with Gasteiger partial charge in [0.2, 0.25) is 0 Å². The molecular formula is C13H23N3O2. The van der Waals surface area contributed by atoms with Gasteiger partial charge < -0.3 is 4.74 Å². The Balaban J connectivity index is 2.12. The van der Waals surface area contributed by atoms with E-state index in [-0.39, 0.29) is 5.69 Å². The molecule has 0 spiro atoms. The van der Waals surface area contributed by atoms with Crippen LogP contribution in [0.2, 0.25) is 0 Å². The lowest BCUT2D eigenvalue weighted by Crippen LogP contribution is -2.01. The summed E-state index contributed by atoms with van der Waals surface area (Å²) in [6.45, 7) is 3.04. The van der Waals surface area contributed by atoms with Crippen molar-refractivity contribution in [3.05, 3.63) is 11.9 Å². The molecule has 1 heterocycles. The normalized spacial score (nSPS) is 10.6. The van der Waals surface area contributed by atoms with Gasteiger partial charge in [-0.3, -0.25) is 4.68 Å². The van der Waals surface area contributed by atoms with E-state index in [2.05, 4.69) is 22.0 Å². The maximum atomic E-state index is 11.2. The Morgan fingerprint density at radius 2 is 1.89 bits per heavy atom. The zero-order valence-corrected chi connectivity index (χ0v) is 11.4. The van der Waals surface area contributed by atoms with Crippen molar-refractivity contribution < 1.29 is 9.53 Å². The third kappa shape index (κ3) is 5.29. The van der Waals surface area contributed by atoms with Crippen molar-refractivity contribution in [1.29, 1.82) is 0 Å². The van der Waals surface area contributed by atoms with Gasteiger partial charge >= 0.3 is 5.97 Å². The molecule has 0 amide bonds. The molecule has 102 valence electrons. The lowest BCUT2D eigenvalue weighted by molar-refractivity contribution is 0.0594. The van der Waals surface area contributed by atoms with Gasteiger partial charge in [0.15, 0.2) is 5.69 Å². The average molecular weight is 253 g/mol. The van der Waals surface area contributed by atoms with Crippen molar-refractivity contribution in [2.45, 2.75) is 58.4 Å². The highest BCUT2D eigenvalue weighted by atomic mass is 16.5. The summed E-state index contributed by atoms with van der Waals surface area (Å²) in [5.74, 6) is -0.430. The van der Waals surface area contributed by atoms with Crippen molar-refractivity contribution in [2.24, 2.45) is 0 Å². The van der Waals surface area contributed by atoms with Gasteiger partial charge in [-0.1, -0.05) is 50.7 Å². The smallest absolute Gasteiger partial charge is 0.360 e. The summed E-state index contributed by atoms with van der Waals surface area (Å²) in [6.07, 6.45) is 10.5. The lowest BCUT2D eigenvalue weighted by atomic mass is 10.1. The molecule has 0 N–H and O–H groups in total. The van der Waals surface area contributed by atoms with Crippen LogP contribution in [0.25, 0.3) is 0 Å². The Morgan fingerprint density at radius 1 is 1.22 bits per heavy atom. The van der Waals surface area contributed by atoms with E-state index in [9.17, 15) is 4.79 Å². The third-order valence-corrected chi connectivity index (χ3v) is 2.92. The number of carbonyl (C=O) groups is 1. The van der Waals surface area contributed by atoms with Crippen LogP contribution in [0, 0.1) is 0 Å². The maximum absolute atomic E-state index is 11.2. The fourth-order valence-corrected chi connectivity index (χ4v) is 1.84. The number of carbonyl (C=O) groups excluding carboxylic acids is 1. The predicted octanol–water partition coefficient (Wildman–Crippen LogP) is 2.82. The van der Waals surface area contributed by atoms with Crippen LogP contribution in [0.3, 0.4) is 0 Å². The first-order valence-corrected chi connectivity index (χ1v) is 6.76. The molecule has 0 aliphatic carbocycles. The second-order valence-electron chi connectivity index (χ2n) is 4.48. The average Bonchev–Trinajstić information content (AvgIpc) is 2.85. The molecule has 18 heavy (non-hydrogen) atoms. The minimum Gasteiger partial charge on any atom is -0.464 e. The van der Waals surface area contributed by atoms with E-state index in [1.165, 1.54) is 45.6 Å². The first-order valence-electron chi connectivity index (χ1n) is 6.76. The number of ether oxygens (including phenoxy) is 1. The van der Waals surface area contributed by atoms with Crippen LogP contribution in [0.15, 0.2) is 6.20 Å². The molecule has 0 saturated carbocycles. The molecule has 0 atom stereocenters. The Kier molecular flexibility index (Phi) is 7.06. The van der Waals surface area contributed by atoms with Gasteiger partial charge in [0.25, 0.3) is 0 Å². The summed E-state index contributed by atoms with van der Waals surface area (Å²) < 4.78 is 6.28. The minimum atomic E-state index is -0.430. The topological polar surface area (TPSA) is 57.0 Å². The van der Waals surface area contributed by atoms with E-state index in [0.717, 1.165) is 13.0 Å². The van der Waals surface area contributed by atoms with Gasteiger partial charge in [0.1, 0.15) is 0 Å². The second kappa shape index (κ2) is 8.66. The summed E-state index contributed by atoms with van der Waals surface area (Å²) in [7, 11) is 1.34. The zero-order valence-electron chi connectivity index (χ0n) is 11.4. The van der Waals surface area contributed by atoms with Gasteiger partial charge in [-0.25, -0.2) is 4.79 Å². The molecule has 0 bridgehead atoms. The highest BCUT2D eigenvalue weighted by molar-refractivity contribution is 5.86. The predicted molar refractivity (Wildman–Crippen MR) is 69.4 cm³/mol. The molecule has 1 aromatic heterocycles. The van der Waals surface area contributed by atoms with E-state index in [0.29, 0.717) is 0 Å². The van der Waals surface area contributed by atoms with Crippen molar-refractivity contribution in [2.75, 3.05) is 7.11 Å². The summed E-state index contributed by atoms with van der Waals surface area (Å²) in [5, 5.41) is 7.66. The number of aromatic nitrogens is 3. The van der Waals surface area contributed by atoms with Crippen molar-refractivity contribution in [3.63, 3.8) is 0 Å². The van der Waals surface area contributed by atoms with E-state index >= 15 is 0 Å². The first kappa shape index (κ1) is 14.7. The molecule has 5 nitrogen and oxygen atoms in total. The Labute approximate surface area is 109 Å². The van der Waals surface area contributed by atoms with Gasteiger partial charge in [-0.05, 0) is 6.42 Å². The van der Waals surface area contributed by atoms with Crippen molar-refractivity contribution in [1.82, 2.24) is 15.0 Å². The quantitative estimate of drug-likeness (QED) is 0.501. The van der Waals surface area contributed by atoms with E-state index in [4.69, 9.17) is 0 Å². The molecular weight excluding hydrogens is 230 g/mol. The maximum Gasteiger partial charge on any atom is 0.360 e. The molecule has 0 fully saturated rings. The molecule has 0 aromatic carbocycles. The number of unbranched alkanes of at least 4 members (excludes halogenated alkanes) is 6. The highest BCUT2D eigenvalue weighted by Crippen LogP contribution is 2.07. The van der Waals surface area contributed by atoms with Crippen LogP contribution in [-0.4, -0.2) is 28.1 Å². The number of aryl methyl sites for hydroxylation is 1. The molecule has 0 unspecified atom stereocenters. The molecule has 0 saturated heterocycles. The number of methoxy groups -OCH3 is 1. The Morgan fingerprint density at radius 3 is 2.56 bits per heavy atom. The van der Waals surface area contributed by atoms with Gasteiger partial charge in [0.05, 0.1) is 13.3 Å². The third-order valence-electron chi connectivity index (χ3n) is 2.92. The van der Waals surface area contributed by atoms with Crippen LogP contribution < -0.4 is 0 Å². The van der Waals surface area contributed by atoms with Crippen LogP contribution in [-0.2, 0) is 11.3 Å². The van der Waals surface area contributed by atoms with Crippen LogP contribution >= 0.6 is 0 Å². The summed E-state index contributed by atoms with van der Waals surface area (Å²) in [6, 6.07) is 0. The summed E-state index contributed by atoms with van der Waals surface area (Å²) >= 11 is 0. The SMILES string of the molecule is CCCCCCCCCn1cc(C(=O)OC)nn1. The Hall–Kier alpha value is -1.39. The molecule has 0 radical (unpaired) electrons. The fourth-order valence-electron chi connectivity index (χ4n) is 1.84. The summed E-state index contributed by atoms with van der Waals surface area (Å²) in [4.78, 5) is 11.2. The number of hydrogen-bond donors (Lipinski definition) is 0. The largest absolute Gasteiger partial charge is 0.464 e. The number of rotatable bonds is 9. The first-order chi connectivity index (χ1) is 8.77. The van der Waals surface area contributed by atoms with Gasteiger partial charge in [-0.15, -0.1) is 5.10 Å². The molecule has 1 aromatic rings. The number of esters is 1. The lowest BCUT2D eigenvalue weighted by Gasteiger charge is -2.01. The van der Waals surface area contributed by atoms with Crippen LogP contribution in [0.1, 0.15) is 62.4 Å². The minimum absolute atomic E-state index is 0.278. The van der Waals surface area contributed by atoms with Crippen molar-refractivity contribution in [3.8, 4) is 0 Å². The number of nitrogens with zero attached hydrogens (tertiary/aromatic N) is 3. The molecule has 0 aliphatic heterocycles. The van der Waals surface area contributed by atoms with E-state index in [1.54, 1.807) is 10.9 Å². The van der Waals surface area contributed by atoms with Crippen LogP contribution in [0.5, 0.6) is 0 Å². The zero-order chi connectivity index (χ0) is 13.2. The highest BCUT2D eigenvalue weighted by Gasteiger charge is 2.09. The van der Waals surface area contributed by atoms with E-state index < -0.39 is 5.97 Å². The second-order valence-corrected chi connectivity index (χ2v) is 4.48. The standard InChI is InChI=1S/C13H23N3O2/c1-3-4-5-6-7-8-9-10-16-11-12(14-15-16)13(17)18-2/h11H,3-10H2,1-2H3. The number of hydrogen-bond acceptors (Lipinski definition) is 4. The summed E-state index contributed by atoms with van der Waals surface area (Å²) in [5.41, 5.74) is 0.278. The molecule has 1 rings (SSSR count). The van der Waals surface area contributed by atoms with Gasteiger partial charge in [0, 0.05) is 6.54 Å². The fraction of sp³-hybridized carbons (Fsp3) is 0.769. The molecule has 0 aliphatic rings. The molecule has 5 heteroatoms. The Bertz CT molecular complexity index is 350. The van der Waals surface area contributed by atoms with Crippen LogP contribution in [0.4, 0.5) is 0 Å². The monoisotopic (exact) mass is 253 g/mol. The van der Waals surface area contributed by atoms with Crippen molar-refractivity contribution >= 4 is 5.97 Å². The van der Waals surface area contributed by atoms with E-state index in [1.807, 2.05) is 0 Å². The van der Waals surface area contributed by atoms with Gasteiger partial charge in [-0.2, -0.15) is 0 Å².